The lowest BCUT2D eigenvalue weighted by Gasteiger charge is -2.17. The predicted octanol–water partition coefficient (Wildman–Crippen LogP) is 2.10. The maximum Gasteiger partial charge on any atom is 0.244 e. The van der Waals surface area contributed by atoms with Crippen LogP contribution in [0.1, 0.15) is 5.56 Å². The SMILES string of the molecule is COc1cccc(CN(C)C(=O)Cn2nnc3ccccc32)c1. The number of ether oxygens (including phenoxy) is 1. The Kier molecular flexibility index (Phi) is 4.23. The molecule has 0 aliphatic carbocycles. The van der Waals surface area contributed by atoms with Gasteiger partial charge in [0.2, 0.25) is 5.91 Å². The summed E-state index contributed by atoms with van der Waals surface area (Å²) in [6, 6.07) is 15.3. The molecule has 0 radical (unpaired) electrons. The Bertz CT molecular complexity index is 828. The van der Waals surface area contributed by atoms with Crippen LogP contribution >= 0.6 is 0 Å². The number of rotatable bonds is 5. The molecule has 1 amide bonds. The van der Waals surface area contributed by atoms with E-state index in [4.69, 9.17) is 4.74 Å². The van der Waals surface area contributed by atoms with Gasteiger partial charge in [0.25, 0.3) is 0 Å². The first-order valence-corrected chi connectivity index (χ1v) is 7.32. The lowest BCUT2D eigenvalue weighted by molar-refractivity contribution is -0.131. The van der Waals surface area contributed by atoms with Gasteiger partial charge >= 0.3 is 0 Å². The van der Waals surface area contributed by atoms with E-state index in [-0.39, 0.29) is 12.5 Å². The number of aromatic nitrogens is 3. The first kappa shape index (κ1) is 15.0. The van der Waals surface area contributed by atoms with Crippen LogP contribution in [0.5, 0.6) is 5.75 Å². The molecule has 23 heavy (non-hydrogen) atoms. The van der Waals surface area contributed by atoms with Crippen LogP contribution < -0.4 is 4.74 Å². The summed E-state index contributed by atoms with van der Waals surface area (Å²) in [6.45, 7) is 0.684. The zero-order chi connectivity index (χ0) is 16.2. The molecule has 3 aromatic rings. The summed E-state index contributed by atoms with van der Waals surface area (Å²) < 4.78 is 6.83. The van der Waals surface area contributed by atoms with Crippen molar-refractivity contribution >= 4 is 16.9 Å². The van der Waals surface area contributed by atoms with E-state index in [9.17, 15) is 4.79 Å². The molecule has 0 fully saturated rings. The molecule has 1 aromatic heterocycles. The topological polar surface area (TPSA) is 60.2 Å². The molecule has 0 bridgehead atoms. The Morgan fingerprint density at radius 1 is 1.22 bits per heavy atom. The van der Waals surface area contributed by atoms with Crippen LogP contribution in [0.3, 0.4) is 0 Å². The quantitative estimate of drug-likeness (QED) is 0.724. The zero-order valence-corrected chi connectivity index (χ0v) is 13.1. The first-order chi connectivity index (χ1) is 11.2. The van der Waals surface area contributed by atoms with Gasteiger partial charge in [0.1, 0.15) is 17.8 Å². The molecule has 0 aliphatic heterocycles. The summed E-state index contributed by atoms with van der Waals surface area (Å²) in [7, 11) is 3.41. The maximum atomic E-state index is 12.4. The number of fused-ring (bicyclic) bond motifs is 1. The van der Waals surface area contributed by atoms with E-state index in [0.29, 0.717) is 6.54 Å². The smallest absolute Gasteiger partial charge is 0.244 e. The highest BCUT2D eigenvalue weighted by Gasteiger charge is 2.13. The fraction of sp³-hybridized carbons (Fsp3) is 0.235. The molecule has 0 saturated heterocycles. The Morgan fingerprint density at radius 2 is 2.04 bits per heavy atom. The van der Waals surface area contributed by atoms with Gasteiger partial charge in [-0.25, -0.2) is 4.68 Å². The maximum absolute atomic E-state index is 12.4. The van der Waals surface area contributed by atoms with E-state index in [0.717, 1.165) is 22.3 Å². The lowest BCUT2D eigenvalue weighted by Crippen LogP contribution is -2.30. The molecule has 0 unspecified atom stereocenters. The summed E-state index contributed by atoms with van der Waals surface area (Å²) in [4.78, 5) is 14.1. The number of nitrogens with zero attached hydrogens (tertiary/aromatic N) is 4. The number of likely N-dealkylation sites (N-methyl/N-ethyl adjacent to an activating group) is 1. The molecule has 0 aliphatic rings. The summed E-state index contributed by atoms with van der Waals surface area (Å²) in [5.74, 6) is 0.758. The van der Waals surface area contributed by atoms with Gasteiger partial charge in [-0.1, -0.05) is 29.5 Å². The van der Waals surface area contributed by atoms with E-state index < -0.39 is 0 Å². The number of methoxy groups -OCH3 is 1. The standard InChI is InChI=1S/C17H18N4O2/c1-20(11-13-6-5-7-14(10-13)23-2)17(22)12-21-16-9-4-3-8-15(16)18-19-21/h3-10H,11-12H2,1-2H3. The van der Waals surface area contributed by atoms with Crippen molar-refractivity contribution in [1.29, 1.82) is 0 Å². The molecule has 3 rings (SSSR count). The molecule has 0 atom stereocenters. The summed E-state index contributed by atoms with van der Waals surface area (Å²) >= 11 is 0. The van der Waals surface area contributed by atoms with Gasteiger partial charge in [-0.2, -0.15) is 0 Å². The normalized spacial score (nSPS) is 10.7. The lowest BCUT2D eigenvalue weighted by atomic mass is 10.2. The van der Waals surface area contributed by atoms with Gasteiger partial charge < -0.3 is 9.64 Å². The third kappa shape index (κ3) is 3.31. The number of carbonyl (C=O) groups excluding carboxylic acids is 1. The monoisotopic (exact) mass is 310 g/mol. The van der Waals surface area contributed by atoms with Crippen LogP contribution in [-0.4, -0.2) is 40.0 Å². The van der Waals surface area contributed by atoms with Crippen molar-refractivity contribution in [3.05, 3.63) is 54.1 Å². The van der Waals surface area contributed by atoms with Crippen LogP contribution in [-0.2, 0) is 17.9 Å². The molecule has 6 heteroatoms. The number of benzene rings is 2. The summed E-state index contributed by atoms with van der Waals surface area (Å²) in [6.07, 6.45) is 0. The molecule has 2 aromatic carbocycles. The number of hydrogen-bond donors (Lipinski definition) is 0. The molecular weight excluding hydrogens is 292 g/mol. The molecule has 0 spiro atoms. The fourth-order valence-corrected chi connectivity index (χ4v) is 2.42. The Balaban J connectivity index is 1.70. The van der Waals surface area contributed by atoms with E-state index in [1.54, 1.807) is 23.7 Å². The largest absolute Gasteiger partial charge is 0.497 e. The van der Waals surface area contributed by atoms with E-state index in [1.807, 2.05) is 48.5 Å². The highest BCUT2D eigenvalue weighted by molar-refractivity contribution is 5.79. The molecule has 0 saturated carbocycles. The minimum absolute atomic E-state index is 0.0246. The van der Waals surface area contributed by atoms with Gasteiger partial charge in [0.15, 0.2) is 0 Å². The average molecular weight is 310 g/mol. The second-order valence-electron chi connectivity index (χ2n) is 5.34. The number of para-hydroxylation sites is 1. The second kappa shape index (κ2) is 6.48. The van der Waals surface area contributed by atoms with Crippen molar-refractivity contribution in [3.63, 3.8) is 0 Å². The summed E-state index contributed by atoms with van der Waals surface area (Å²) in [5, 5.41) is 8.11. The van der Waals surface area contributed by atoms with Crippen LogP contribution in [0, 0.1) is 0 Å². The van der Waals surface area contributed by atoms with Crippen molar-refractivity contribution in [3.8, 4) is 5.75 Å². The van der Waals surface area contributed by atoms with E-state index in [2.05, 4.69) is 10.3 Å². The van der Waals surface area contributed by atoms with Gasteiger partial charge in [-0.05, 0) is 29.8 Å². The third-order valence-electron chi connectivity index (χ3n) is 3.68. The number of hydrogen-bond acceptors (Lipinski definition) is 4. The average Bonchev–Trinajstić information content (AvgIpc) is 2.98. The number of amides is 1. The molecule has 6 nitrogen and oxygen atoms in total. The highest BCUT2D eigenvalue weighted by atomic mass is 16.5. The van der Waals surface area contributed by atoms with Gasteiger partial charge in [-0.3, -0.25) is 4.79 Å². The van der Waals surface area contributed by atoms with Crippen molar-refractivity contribution in [2.45, 2.75) is 13.1 Å². The Morgan fingerprint density at radius 3 is 2.87 bits per heavy atom. The molecule has 0 N–H and O–H groups in total. The third-order valence-corrected chi connectivity index (χ3v) is 3.68. The van der Waals surface area contributed by atoms with Gasteiger partial charge in [0.05, 0.1) is 12.6 Å². The molecule has 118 valence electrons. The second-order valence-corrected chi connectivity index (χ2v) is 5.34. The van der Waals surface area contributed by atoms with Crippen molar-refractivity contribution in [2.75, 3.05) is 14.2 Å². The Labute approximate surface area is 134 Å². The van der Waals surface area contributed by atoms with Crippen LogP contribution in [0.15, 0.2) is 48.5 Å². The Hall–Kier alpha value is -2.89. The number of carbonyl (C=O) groups is 1. The van der Waals surface area contributed by atoms with Crippen molar-refractivity contribution in [1.82, 2.24) is 19.9 Å². The minimum Gasteiger partial charge on any atom is -0.497 e. The van der Waals surface area contributed by atoms with Crippen LogP contribution in [0.2, 0.25) is 0 Å². The first-order valence-electron chi connectivity index (χ1n) is 7.32. The molecular formula is C17H18N4O2. The minimum atomic E-state index is -0.0246. The van der Waals surface area contributed by atoms with Crippen LogP contribution in [0.25, 0.3) is 11.0 Å². The van der Waals surface area contributed by atoms with E-state index >= 15 is 0 Å². The van der Waals surface area contributed by atoms with Crippen LogP contribution in [0.4, 0.5) is 0 Å². The van der Waals surface area contributed by atoms with Crippen molar-refractivity contribution < 1.29 is 9.53 Å². The summed E-state index contributed by atoms with van der Waals surface area (Å²) in [5.41, 5.74) is 2.66. The molecule has 1 heterocycles. The van der Waals surface area contributed by atoms with Gasteiger partial charge in [0, 0.05) is 13.6 Å². The fourth-order valence-electron chi connectivity index (χ4n) is 2.42. The zero-order valence-electron chi connectivity index (χ0n) is 13.1. The van der Waals surface area contributed by atoms with E-state index in [1.165, 1.54) is 0 Å². The predicted molar refractivity (Wildman–Crippen MR) is 87.0 cm³/mol. The van der Waals surface area contributed by atoms with Crippen molar-refractivity contribution in [2.24, 2.45) is 0 Å². The van der Waals surface area contributed by atoms with Gasteiger partial charge in [-0.15, -0.1) is 5.10 Å². The highest BCUT2D eigenvalue weighted by Crippen LogP contribution is 2.14.